The first-order valence-corrected chi connectivity index (χ1v) is 13.4. The zero-order valence-corrected chi connectivity index (χ0v) is 24.7. The largest absolute Gasteiger partial charge is 0.496 e. The lowest BCUT2D eigenvalue weighted by Crippen LogP contribution is -2.00. The van der Waals surface area contributed by atoms with Gasteiger partial charge in [0.05, 0.1) is 78.4 Å². The highest BCUT2D eigenvalue weighted by atomic mass is 16.5. The smallest absolute Gasteiger partial charge is 0.134 e. The first-order chi connectivity index (χ1) is 20.5. The van der Waals surface area contributed by atoms with Crippen LogP contribution in [0.1, 0.15) is 0 Å². The van der Waals surface area contributed by atoms with Crippen LogP contribution in [0, 0.1) is 0 Å². The van der Waals surface area contributed by atoms with Gasteiger partial charge in [0.25, 0.3) is 0 Å². The molecule has 0 saturated heterocycles. The Kier molecular flexibility index (Phi) is 5.73. The van der Waals surface area contributed by atoms with Gasteiger partial charge in [-0.25, -0.2) is 0 Å². The molecule has 0 aliphatic rings. The topological polar surface area (TPSA) is 73.8 Å². The number of hydrogen-bond donors (Lipinski definition) is 0. The van der Waals surface area contributed by atoms with Gasteiger partial charge in [0.1, 0.15) is 46.0 Å². The molecule has 42 heavy (non-hydrogen) atoms. The average molecular weight is 567 g/mol. The summed E-state index contributed by atoms with van der Waals surface area (Å²) in [6, 6.07) is 12.0. The predicted octanol–water partition coefficient (Wildman–Crippen LogP) is 7.55. The zero-order chi connectivity index (χ0) is 29.4. The molecule has 214 valence electrons. The molecule has 0 aromatic heterocycles. The average Bonchev–Trinajstić information content (AvgIpc) is 3.04. The fourth-order valence-corrected chi connectivity index (χ4v) is 6.82. The Morgan fingerprint density at radius 3 is 0.619 bits per heavy atom. The summed E-state index contributed by atoms with van der Waals surface area (Å²) in [6.45, 7) is 0. The van der Waals surface area contributed by atoms with Crippen molar-refractivity contribution in [2.75, 3.05) is 56.9 Å². The third-order valence-electron chi connectivity index (χ3n) is 8.51. The SMILES string of the molecule is COc1cc(OC)c2c(OC)cc3c4cc(OC)c5c(OC)cc(OC)c6c(OC)cc(c7cc(OC)c1c2c73)c4c65. The molecule has 0 unspecified atom stereocenters. The molecule has 0 bridgehead atoms. The van der Waals surface area contributed by atoms with Crippen LogP contribution in [0.25, 0.3) is 64.6 Å². The second kappa shape index (κ2) is 9.27. The molecule has 7 rings (SSSR count). The molecule has 0 aliphatic heterocycles. The van der Waals surface area contributed by atoms with E-state index >= 15 is 0 Å². The van der Waals surface area contributed by atoms with Crippen molar-refractivity contribution >= 4 is 64.6 Å². The summed E-state index contributed by atoms with van der Waals surface area (Å²) in [5, 5.41) is 11.2. The second-order valence-electron chi connectivity index (χ2n) is 10.1. The lowest BCUT2D eigenvalue weighted by Gasteiger charge is -2.25. The van der Waals surface area contributed by atoms with E-state index in [-0.39, 0.29) is 0 Å². The van der Waals surface area contributed by atoms with E-state index in [2.05, 4.69) is 24.3 Å². The van der Waals surface area contributed by atoms with E-state index in [9.17, 15) is 0 Å². The van der Waals surface area contributed by atoms with Crippen molar-refractivity contribution in [3.8, 4) is 46.0 Å². The minimum atomic E-state index is 0.641. The molecule has 0 radical (unpaired) electrons. The van der Waals surface area contributed by atoms with Crippen LogP contribution in [0.5, 0.6) is 46.0 Å². The molecule has 0 saturated carbocycles. The Labute approximate surface area is 241 Å². The van der Waals surface area contributed by atoms with Gasteiger partial charge in [-0.05, 0) is 56.6 Å². The molecular formula is C34H30O8. The van der Waals surface area contributed by atoms with E-state index in [1.54, 1.807) is 56.9 Å². The van der Waals surface area contributed by atoms with E-state index in [4.69, 9.17) is 37.9 Å². The highest BCUT2D eigenvalue weighted by Gasteiger charge is 2.29. The summed E-state index contributed by atoms with van der Waals surface area (Å²) < 4.78 is 47.6. The summed E-state index contributed by atoms with van der Waals surface area (Å²) in [5.74, 6) is 5.24. The molecule has 0 amide bonds. The normalized spacial score (nSPS) is 11.8. The third kappa shape index (κ3) is 3.06. The van der Waals surface area contributed by atoms with Gasteiger partial charge in [0, 0.05) is 22.9 Å². The number of hydrogen-bond acceptors (Lipinski definition) is 8. The number of ether oxygens (including phenoxy) is 8. The second-order valence-corrected chi connectivity index (χ2v) is 10.1. The first kappa shape index (κ1) is 26.0. The van der Waals surface area contributed by atoms with Gasteiger partial charge in [0.15, 0.2) is 0 Å². The van der Waals surface area contributed by atoms with E-state index < -0.39 is 0 Å². The van der Waals surface area contributed by atoms with Gasteiger partial charge < -0.3 is 37.9 Å². The molecule has 0 N–H and O–H groups in total. The van der Waals surface area contributed by atoms with E-state index in [1.807, 2.05) is 12.1 Å². The monoisotopic (exact) mass is 566 g/mol. The fraction of sp³-hybridized carbons (Fsp3) is 0.235. The van der Waals surface area contributed by atoms with Crippen molar-refractivity contribution in [1.82, 2.24) is 0 Å². The quantitative estimate of drug-likeness (QED) is 0.138. The molecule has 0 aliphatic carbocycles. The maximum Gasteiger partial charge on any atom is 0.134 e. The van der Waals surface area contributed by atoms with Crippen molar-refractivity contribution in [1.29, 1.82) is 0 Å². The minimum Gasteiger partial charge on any atom is -0.496 e. The highest BCUT2D eigenvalue weighted by Crippen LogP contribution is 2.57. The maximum atomic E-state index is 6.02. The van der Waals surface area contributed by atoms with Gasteiger partial charge in [-0.3, -0.25) is 0 Å². The zero-order valence-electron chi connectivity index (χ0n) is 24.7. The Balaban J connectivity index is 1.91. The summed E-state index contributed by atoms with van der Waals surface area (Å²) in [7, 11) is 13.3. The van der Waals surface area contributed by atoms with Crippen LogP contribution in [0.3, 0.4) is 0 Å². The van der Waals surface area contributed by atoms with Gasteiger partial charge in [-0.2, -0.15) is 0 Å². The van der Waals surface area contributed by atoms with Crippen LogP contribution < -0.4 is 37.9 Å². The summed E-state index contributed by atoms with van der Waals surface area (Å²) in [5.41, 5.74) is 0. The predicted molar refractivity (Wildman–Crippen MR) is 166 cm³/mol. The van der Waals surface area contributed by atoms with Crippen molar-refractivity contribution in [2.24, 2.45) is 0 Å². The molecule has 8 heteroatoms. The Morgan fingerprint density at radius 2 is 0.429 bits per heavy atom. The lowest BCUT2D eigenvalue weighted by atomic mass is 9.83. The Bertz CT molecular complexity index is 1880. The number of benzene rings is 7. The molecular weight excluding hydrogens is 536 g/mol. The van der Waals surface area contributed by atoms with Gasteiger partial charge >= 0.3 is 0 Å². The number of rotatable bonds is 8. The molecule has 0 heterocycles. The van der Waals surface area contributed by atoms with Gasteiger partial charge in [-0.1, -0.05) is 0 Å². The van der Waals surface area contributed by atoms with Crippen LogP contribution in [0.15, 0.2) is 36.4 Å². The summed E-state index contributed by atoms with van der Waals surface area (Å²) in [4.78, 5) is 0. The van der Waals surface area contributed by atoms with Crippen molar-refractivity contribution in [3.63, 3.8) is 0 Å². The molecule has 8 nitrogen and oxygen atoms in total. The lowest BCUT2D eigenvalue weighted by molar-refractivity contribution is 0.391. The van der Waals surface area contributed by atoms with E-state index in [0.29, 0.717) is 46.0 Å². The van der Waals surface area contributed by atoms with E-state index in [0.717, 1.165) is 64.6 Å². The van der Waals surface area contributed by atoms with Crippen LogP contribution in [-0.4, -0.2) is 56.9 Å². The van der Waals surface area contributed by atoms with Crippen molar-refractivity contribution < 1.29 is 37.9 Å². The first-order valence-electron chi connectivity index (χ1n) is 13.4. The standard InChI is InChI=1S/C34H30O8/c1-35-19-9-15-16-10-21(37-3)31-25(41-7)14-26(42-8)32-22(38-4)12-18(28(16)34(31)32)17-11-20(36-2)30-24(40-6)13-23(39-5)29(19)33(30)27(15)17/h9-14H,1-8H3. The van der Waals surface area contributed by atoms with E-state index in [1.165, 1.54) is 0 Å². The molecule has 0 spiro atoms. The minimum absolute atomic E-state index is 0.641. The van der Waals surface area contributed by atoms with Crippen LogP contribution in [0.4, 0.5) is 0 Å². The third-order valence-corrected chi connectivity index (χ3v) is 8.51. The number of methoxy groups -OCH3 is 8. The van der Waals surface area contributed by atoms with Crippen molar-refractivity contribution in [2.45, 2.75) is 0 Å². The summed E-state index contributed by atoms with van der Waals surface area (Å²) in [6.07, 6.45) is 0. The Morgan fingerprint density at radius 1 is 0.238 bits per heavy atom. The van der Waals surface area contributed by atoms with Gasteiger partial charge in [0.2, 0.25) is 0 Å². The fourth-order valence-electron chi connectivity index (χ4n) is 6.82. The molecule has 7 aromatic carbocycles. The summed E-state index contributed by atoms with van der Waals surface area (Å²) >= 11 is 0. The van der Waals surface area contributed by atoms with Crippen LogP contribution >= 0.6 is 0 Å². The maximum absolute atomic E-state index is 6.02. The molecule has 0 atom stereocenters. The van der Waals surface area contributed by atoms with Crippen molar-refractivity contribution in [3.05, 3.63) is 36.4 Å². The highest BCUT2D eigenvalue weighted by molar-refractivity contribution is 6.42. The number of fused-ring (bicyclic) bond motifs is 2. The molecule has 0 fully saturated rings. The molecule has 7 aromatic rings. The van der Waals surface area contributed by atoms with Crippen LogP contribution in [0.2, 0.25) is 0 Å². The van der Waals surface area contributed by atoms with Gasteiger partial charge in [-0.15, -0.1) is 0 Å². The van der Waals surface area contributed by atoms with Crippen LogP contribution in [-0.2, 0) is 0 Å². The Hall–Kier alpha value is -4.98.